The summed E-state index contributed by atoms with van der Waals surface area (Å²) in [5, 5.41) is 19.7. The van der Waals surface area contributed by atoms with Crippen LogP contribution in [0.5, 0.6) is 0 Å². The van der Waals surface area contributed by atoms with Crippen molar-refractivity contribution in [2.45, 2.75) is 38.1 Å². The quantitative estimate of drug-likeness (QED) is 0.751. The van der Waals surface area contributed by atoms with E-state index in [1.807, 2.05) is 6.07 Å². The van der Waals surface area contributed by atoms with Crippen molar-refractivity contribution >= 4 is 16.8 Å². The summed E-state index contributed by atoms with van der Waals surface area (Å²) < 4.78 is 1.76. The van der Waals surface area contributed by atoms with Gasteiger partial charge in [0.15, 0.2) is 5.69 Å². The number of nitrogens with zero attached hydrogens (tertiary/aromatic N) is 5. The molecule has 0 unspecified atom stereocenters. The van der Waals surface area contributed by atoms with Crippen molar-refractivity contribution in [3.8, 4) is 11.9 Å². The Morgan fingerprint density at radius 1 is 1.38 bits per heavy atom. The van der Waals surface area contributed by atoms with E-state index in [0.29, 0.717) is 29.4 Å². The molecular weight excluding hydrogens is 330 g/mol. The third-order valence-corrected chi connectivity index (χ3v) is 4.96. The molecule has 1 fully saturated rings. The molecule has 8 nitrogen and oxygen atoms in total. The average molecular weight is 349 g/mol. The van der Waals surface area contributed by atoms with E-state index < -0.39 is 0 Å². The molecule has 3 aromatic rings. The van der Waals surface area contributed by atoms with Gasteiger partial charge in [0.2, 0.25) is 0 Å². The zero-order chi connectivity index (χ0) is 17.9. The molecule has 0 aromatic carbocycles. The van der Waals surface area contributed by atoms with Gasteiger partial charge in [-0.05, 0) is 37.7 Å². The predicted molar refractivity (Wildman–Crippen MR) is 94.5 cm³/mol. The normalized spacial score (nSPS) is 20.0. The Bertz CT molecular complexity index is 946. The monoisotopic (exact) mass is 349 g/mol. The van der Waals surface area contributed by atoms with Crippen LogP contribution in [0.2, 0.25) is 0 Å². The van der Waals surface area contributed by atoms with Crippen LogP contribution in [0.3, 0.4) is 0 Å². The minimum atomic E-state index is -0.204. The van der Waals surface area contributed by atoms with E-state index in [1.165, 1.54) is 0 Å². The second-order valence-electron chi connectivity index (χ2n) is 6.69. The number of aromatic nitrogens is 5. The number of H-pyrrole nitrogens is 1. The van der Waals surface area contributed by atoms with Crippen LogP contribution in [0.25, 0.3) is 16.7 Å². The Kier molecular flexibility index (Phi) is 4.35. The summed E-state index contributed by atoms with van der Waals surface area (Å²) in [7, 11) is 0. The van der Waals surface area contributed by atoms with E-state index in [9.17, 15) is 4.79 Å². The summed E-state index contributed by atoms with van der Waals surface area (Å²) in [6, 6.07) is 4.22. The number of carbonyl (C=O) groups is 1. The van der Waals surface area contributed by atoms with Gasteiger partial charge < -0.3 is 5.32 Å². The Hall–Kier alpha value is -3.21. The molecule has 1 aliphatic rings. The van der Waals surface area contributed by atoms with Crippen LogP contribution in [0, 0.1) is 17.2 Å². The molecule has 0 bridgehead atoms. The minimum Gasteiger partial charge on any atom is -0.348 e. The van der Waals surface area contributed by atoms with Crippen molar-refractivity contribution in [1.29, 1.82) is 5.26 Å². The van der Waals surface area contributed by atoms with Gasteiger partial charge in [-0.15, -0.1) is 0 Å². The van der Waals surface area contributed by atoms with Gasteiger partial charge in [-0.25, -0.2) is 9.97 Å². The highest BCUT2D eigenvalue weighted by Gasteiger charge is 2.24. The fourth-order valence-electron chi connectivity index (χ4n) is 3.52. The molecule has 0 radical (unpaired) electrons. The highest BCUT2D eigenvalue weighted by Crippen LogP contribution is 2.27. The van der Waals surface area contributed by atoms with E-state index in [2.05, 4.69) is 31.6 Å². The van der Waals surface area contributed by atoms with Crippen LogP contribution >= 0.6 is 0 Å². The third-order valence-electron chi connectivity index (χ3n) is 4.96. The molecule has 3 heterocycles. The van der Waals surface area contributed by atoms with Crippen molar-refractivity contribution in [2.24, 2.45) is 5.92 Å². The van der Waals surface area contributed by atoms with Gasteiger partial charge in [-0.1, -0.05) is 0 Å². The molecule has 0 aliphatic heterocycles. The molecule has 1 saturated carbocycles. The lowest BCUT2D eigenvalue weighted by atomic mass is 9.84. The maximum Gasteiger partial charge on any atom is 0.272 e. The lowest BCUT2D eigenvalue weighted by molar-refractivity contribution is 0.0918. The van der Waals surface area contributed by atoms with Crippen LogP contribution in [0.15, 0.2) is 31.0 Å². The van der Waals surface area contributed by atoms with Crippen LogP contribution in [-0.2, 0) is 0 Å². The van der Waals surface area contributed by atoms with Crippen molar-refractivity contribution in [3.05, 3.63) is 36.7 Å². The SMILES string of the molecule is N#CCC1CCC(NC(=O)c2nc(-n3ccnc3)cc3cn[nH]c23)CC1. The van der Waals surface area contributed by atoms with E-state index in [-0.39, 0.29) is 11.9 Å². The Morgan fingerprint density at radius 2 is 2.23 bits per heavy atom. The molecule has 1 aliphatic carbocycles. The topological polar surface area (TPSA) is 112 Å². The standard InChI is InChI=1S/C18H19N7O/c19-6-5-12-1-3-14(4-2-12)22-18(26)17-16-13(10-21-24-16)9-15(23-17)25-8-7-20-11-25/h7-12,14H,1-5H2,(H,21,24)(H,22,26). The van der Waals surface area contributed by atoms with Crippen LogP contribution < -0.4 is 5.32 Å². The fraction of sp³-hybridized carbons (Fsp3) is 0.389. The zero-order valence-electron chi connectivity index (χ0n) is 14.2. The summed E-state index contributed by atoms with van der Waals surface area (Å²) in [6.07, 6.45) is 11.1. The molecule has 8 heteroatoms. The number of carbonyl (C=O) groups excluding carboxylic acids is 1. The summed E-state index contributed by atoms with van der Waals surface area (Å²) in [5.74, 6) is 0.874. The molecule has 1 amide bonds. The summed E-state index contributed by atoms with van der Waals surface area (Å²) in [5.41, 5.74) is 0.965. The summed E-state index contributed by atoms with van der Waals surface area (Å²) >= 11 is 0. The second kappa shape index (κ2) is 6.96. The van der Waals surface area contributed by atoms with E-state index in [4.69, 9.17) is 5.26 Å². The first-order chi connectivity index (χ1) is 12.7. The number of amides is 1. The van der Waals surface area contributed by atoms with Gasteiger partial charge in [0.05, 0.1) is 17.8 Å². The first-order valence-corrected chi connectivity index (χ1v) is 8.75. The molecule has 3 aromatic heterocycles. The maximum absolute atomic E-state index is 12.9. The molecule has 132 valence electrons. The summed E-state index contributed by atoms with van der Waals surface area (Å²) in [6.45, 7) is 0. The highest BCUT2D eigenvalue weighted by molar-refractivity contribution is 6.04. The van der Waals surface area contributed by atoms with Gasteiger partial charge in [-0.2, -0.15) is 10.4 Å². The first kappa shape index (κ1) is 16.3. The number of nitrogens with one attached hydrogen (secondary N) is 2. The van der Waals surface area contributed by atoms with Gasteiger partial charge in [-0.3, -0.25) is 14.5 Å². The Morgan fingerprint density at radius 3 is 2.96 bits per heavy atom. The number of aromatic amines is 1. The van der Waals surface area contributed by atoms with E-state index in [1.54, 1.807) is 29.5 Å². The van der Waals surface area contributed by atoms with Crippen LogP contribution in [-0.4, -0.2) is 36.7 Å². The van der Waals surface area contributed by atoms with Gasteiger partial charge in [0.25, 0.3) is 5.91 Å². The van der Waals surface area contributed by atoms with Crippen LogP contribution in [0.4, 0.5) is 0 Å². The number of hydrogen-bond acceptors (Lipinski definition) is 5. The second-order valence-corrected chi connectivity index (χ2v) is 6.69. The number of fused-ring (bicyclic) bond motifs is 1. The largest absolute Gasteiger partial charge is 0.348 e. The Labute approximate surface area is 150 Å². The zero-order valence-corrected chi connectivity index (χ0v) is 14.2. The number of imidazole rings is 1. The highest BCUT2D eigenvalue weighted by atomic mass is 16.2. The molecule has 0 spiro atoms. The number of hydrogen-bond donors (Lipinski definition) is 2. The van der Waals surface area contributed by atoms with Crippen LogP contribution in [0.1, 0.15) is 42.6 Å². The third kappa shape index (κ3) is 3.16. The molecule has 0 saturated heterocycles. The molecule has 26 heavy (non-hydrogen) atoms. The van der Waals surface area contributed by atoms with Crippen molar-refractivity contribution in [3.63, 3.8) is 0 Å². The van der Waals surface area contributed by atoms with E-state index in [0.717, 1.165) is 31.1 Å². The van der Waals surface area contributed by atoms with Crippen molar-refractivity contribution in [2.75, 3.05) is 0 Å². The van der Waals surface area contributed by atoms with E-state index >= 15 is 0 Å². The van der Waals surface area contributed by atoms with Crippen molar-refractivity contribution in [1.82, 2.24) is 30.0 Å². The molecule has 4 rings (SSSR count). The first-order valence-electron chi connectivity index (χ1n) is 8.75. The maximum atomic E-state index is 12.9. The van der Waals surface area contributed by atoms with Gasteiger partial charge in [0, 0.05) is 30.2 Å². The Balaban J connectivity index is 1.55. The number of pyridine rings is 1. The minimum absolute atomic E-state index is 0.120. The molecule has 0 atom stereocenters. The lowest BCUT2D eigenvalue weighted by Gasteiger charge is -2.27. The fourth-order valence-corrected chi connectivity index (χ4v) is 3.52. The number of nitriles is 1. The molecule has 2 N–H and O–H groups in total. The van der Waals surface area contributed by atoms with Crippen molar-refractivity contribution < 1.29 is 4.79 Å². The number of rotatable bonds is 4. The smallest absolute Gasteiger partial charge is 0.272 e. The molecular formula is C18H19N7O. The van der Waals surface area contributed by atoms with Gasteiger partial charge in [0.1, 0.15) is 12.1 Å². The van der Waals surface area contributed by atoms with Gasteiger partial charge >= 0.3 is 0 Å². The summed E-state index contributed by atoms with van der Waals surface area (Å²) in [4.78, 5) is 21.4. The predicted octanol–water partition coefficient (Wildman–Crippen LogP) is 2.35. The lowest BCUT2D eigenvalue weighted by Crippen LogP contribution is -2.38. The average Bonchev–Trinajstić information content (AvgIpc) is 3.34.